The fourth-order valence-electron chi connectivity index (χ4n) is 6.23. The molecule has 0 aromatic rings. The van der Waals surface area contributed by atoms with Crippen molar-refractivity contribution in [2.24, 2.45) is 71.0 Å². The number of fused-ring (bicyclic) bond motifs is 6. The first-order valence-corrected chi connectivity index (χ1v) is 26.1. The van der Waals surface area contributed by atoms with E-state index in [9.17, 15) is 28.8 Å². The van der Waals surface area contributed by atoms with E-state index in [1.54, 1.807) is 41.5 Å². The van der Waals surface area contributed by atoms with E-state index in [-0.39, 0.29) is 208 Å². The first-order valence-electron chi connectivity index (χ1n) is 26.1. The molecule has 12 nitrogen and oxygen atoms in total. The summed E-state index contributed by atoms with van der Waals surface area (Å²) in [5.74, 6) is 5.22. The van der Waals surface area contributed by atoms with Crippen LogP contribution in [0.1, 0.15) is 144 Å². The monoisotopic (exact) mass is 1440 g/mol. The van der Waals surface area contributed by atoms with Gasteiger partial charge >= 0.3 is 58.4 Å². The van der Waals surface area contributed by atoms with E-state index in [0.29, 0.717) is 0 Å². The molecule has 0 spiro atoms. The number of aliphatic hydroxyl groups excluding tert-OH is 6. The van der Waals surface area contributed by atoms with Crippen LogP contribution in [0, 0.1) is 116 Å². The summed E-state index contributed by atoms with van der Waals surface area (Å²) < 4.78 is 0. The van der Waals surface area contributed by atoms with Crippen molar-refractivity contribution in [3.63, 3.8) is 0 Å². The average Bonchev–Trinajstić information content (AvgIpc) is 4.18. The zero-order valence-electron chi connectivity index (χ0n) is 55.6. The molecule has 0 saturated heterocycles. The Bertz CT molecular complexity index is 1850. The van der Waals surface area contributed by atoms with Crippen molar-refractivity contribution in [3.8, 4) is 0 Å². The van der Waals surface area contributed by atoms with Gasteiger partial charge in [-0.15, -0.1) is 0 Å². The van der Waals surface area contributed by atoms with Gasteiger partial charge in [-0.05, 0) is 96.3 Å². The second kappa shape index (κ2) is 60.3. The van der Waals surface area contributed by atoms with Crippen LogP contribution in [-0.4, -0.2) is 65.3 Å². The van der Waals surface area contributed by atoms with Crippen molar-refractivity contribution in [2.45, 2.75) is 144 Å². The molecule has 0 fully saturated rings. The van der Waals surface area contributed by atoms with Crippen LogP contribution in [0.4, 0.5) is 0 Å². The minimum absolute atomic E-state index is 0. The molecule has 15 heteroatoms. The minimum atomic E-state index is -0.110. The third kappa shape index (κ3) is 62.1. The van der Waals surface area contributed by atoms with Crippen LogP contribution in [0.25, 0.3) is 0 Å². The first-order chi connectivity index (χ1) is 34.6. The molecule has 6 bridgehead atoms. The zero-order chi connectivity index (χ0) is 58.7. The Morgan fingerprint density at radius 3 is 0.452 bits per heavy atom. The van der Waals surface area contributed by atoms with Gasteiger partial charge in [-0.2, -0.15) is 0 Å². The van der Waals surface area contributed by atoms with Gasteiger partial charge in [-0.1, -0.05) is 156 Å². The van der Waals surface area contributed by atoms with E-state index in [2.05, 4.69) is 72.9 Å². The standard InChI is InChI=1S/6C7H12O2.3C7H8.6CH3.3Ru/c6*1-5(2)7(9)4-6(3)8;3*1-2-7-4-3-6(1)5-7;;;;;;;;;/h3*4-5,9H,1-3H3;3*4-5,8H,1-3H3;3*1-4,6-7H,5H2;6*1H3;;;/q;;;;;;;;;6*-1;3*+2. The van der Waals surface area contributed by atoms with E-state index in [1.807, 2.05) is 41.5 Å². The Morgan fingerprint density at radius 2 is 0.417 bits per heavy atom. The maximum absolute atomic E-state index is 10.7. The summed E-state index contributed by atoms with van der Waals surface area (Å²) in [5.41, 5.74) is 0. The van der Waals surface area contributed by atoms with Gasteiger partial charge in [0, 0.05) is 72.0 Å². The molecule has 486 valence electrons. The number of rotatable bonds is 12. The van der Waals surface area contributed by atoms with Gasteiger partial charge in [0.1, 0.15) is 0 Å². The summed E-state index contributed by atoms with van der Waals surface area (Å²) >= 11 is 0. The Morgan fingerprint density at radius 1 is 0.286 bits per heavy atom. The van der Waals surface area contributed by atoms with E-state index in [4.69, 9.17) is 30.6 Å². The molecular formula is C69H114O12Ru3. The minimum Gasteiger partial charge on any atom is -0.512 e. The van der Waals surface area contributed by atoms with Crippen molar-refractivity contribution < 1.29 is 118 Å². The summed E-state index contributed by atoms with van der Waals surface area (Å²) in [6.45, 7) is 30.4. The van der Waals surface area contributed by atoms with Gasteiger partial charge in [0.2, 0.25) is 0 Å². The topological polar surface area (TPSA) is 224 Å². The predicted molar refractivity (Wildman–Crippen MR) is 345 cm³/mol. The molecule has 6 N–H and O–H groups in total. The smallest absolute Gasteiger partial charge is 0.512 e. The van der Waals surface area contributed by atoms with Crippen LogP contribution in [0.5, 0.6) is 0 Å². The fourth-order valence-corrected chi connectivity index (χ4v) is 6.23. The molecule has 0 radical (unpaired) electrons. The normalized spacial score (nSPS) is 18.7. The quantitative estimate of drug-likeness (QED) is 0.0353. The van der Waals surface area contributed by atoms with E-state index in [1.165, 1.54) is 97.3 Å². The van der Waals surface area contributed by atoms with Gasteiger partial charge in [0.25, 0.3) is 0 Å². The second-order valence-electron chi connectivity index (χ2n) is 21.0. The van der Waals surface area contributed by atoms with E-state index in [0.717, 1.165) is 35.5 Å². The van der Waals surface area contributed by atoms with Gasteiger partial charge in [-0.25, -0.2) is 0 Å². The molecule has 84 heavy (non-hydrogen) atoms. The molecule has 0 atom stereocenters. The Balaban J connectivity index is -0.0000000685. The average molecular weight is 1440 g/mol. The zero-order valence-corrected chi connectivity index (χ0v) is 60.8. The number of ketones is 6. The molecule has 0 heterocycles. The van der Waals surface area contributed by atoms with Gasteiger partial charge in [0.05, 0.1) is 34.6 Å². The molecule has 0 saturated carbocycles. The number of allylic oxidation sites excluding steroid dienone is 24. The van der Waals surface area contributed by atoms with E-state index < -0.39 is 0 Å². The van der Waals surface area contributed by atoms with Crippen LogP contribution in [0.15, 0.2) is 144 Å². The number of carbonyl (C=O) groups excluding carboxylic acids is 6. The molecule has 0 amide bonds. The fraction of sp³-hybridized carbons (Fsp3) is 0.478. The molecule has 0 aromatic carbocycles. The van der Waals surface area contributed by atoms with Crippen LogP contribution in [0.2, 0.25) is 0 Å². The van der Waals surface area contributed by atoms with Crippen molar-refractivity contribution in [2.75, 3.05) is 0 Å². The van der Waals surface area contributed by atoms with Crippen LogP contribution in [0.3, 0.4) is 0 Å². The predicted octanol–water partition coefficient (Wildman–Crippen LogP) is 18.0. The van der Waals surface area contributed by atoms with Crippen molar-refractivity contribution >= 4 is 34.7 Å². The Kier molecular flexibility index (Phi) is 77.2. The molecule has 6 aliphatic carbocycles. The molecule has 0 aromatic heterocycles. The summed E-state index contributed by atoms with van der Waals surface area (Å²) in [7, 11) is 0. The van der Waals surface area contributed by atoms with Crippen LogP contribution >= 0.6 is 0 Å². The third-order valence-corrected chi connectivity index (χ3v) is 10.9. The Labute approximate surface area is 552 Å². The van der Waals surface area contributed by atoms with Crippen LogP contribution < -0.4 is 0 Å². The third-order valence-electron chi connectivity index (χ3n) is 10.9. The van der Waals surface area contributed by atoms with Crippen molar-refractivity contribution in [3.05, 3.63) is 188 Å². The number of hydrogen-bond donors (Lipinski definition) is 6. The summed E-state index contributed by atoms with van der Waals surface area (Å²) in [6.07, 6.45) is 39.1. The summed E-state index contributed by atoms with van der Waals surface area (Å²) in [4.78, 5) is 63.1. The Hall–Kier alpha value is -4.43. The maximum atomic E-state index is 10.7. The molecule has 0 unspecified atom stereocenters. The molecule has 0 aliphatic heterocycles. The number of aliphatic hydroxyl groups is 6. The van der Waals surface area contributed by atoms with Crippen molar-refractivity contribution in [1.29, 1.82) is 0 Å². The second-order valence-corrected chi connectivity index (χ2v) is 21.0. The largest absolute Gasteiger partial charge is 2.00 e. The number of carbonyl (C=O) groups is 6. The summed E-state index contributed by atoms with van der Waals surface area (Å²) in [6, 6.07) is 0. The van der Waals surface area contributed by atoms with Gasteiger partial charge in [-0.3, -0.25) is 28.8 Å². The van der Waals surface area contributed by atoms with Crippen molar-refractivity contribution in [1.82, 2.24) is 0 Å². The first kappa shape index (κ1) is 108. The maximum Gasteiger partial charge on any atom is 2.00 e. The molecule has 6 aliphatic rings. The molecule has 6 rings (SSSR count). The van der Waals surface area contributed by atoms with Gasteiger partial charge in [0.15, 0.2) is 34.7 Å². The van der Waals surface area contributed by atoms with Gasteiger partial charge < -0.3 is 75.2 Å². The van der Waals surface area contributed by atoms with Crippen LogP contribution in [-0.2, 0) is 87.2 Å². The molecular weight excluding hydrogens is 1320 g/mol. The number of hydrogen-bond acceptors (Lipinski definition) is 12. The SMILES string of the molecule is C1=CC2C=CC1C2.C1=CC2C=CC1C2.C1=CC2C=CC1C2.CC(=O)C=C(O)C(C)C.CC(=O)C=C(O)C(C)C.CC(=O)C=C(O)C(C)C.CC(O)=CC(=O)C(C)C.CC(O)=CC(=O)C(C)C.CC(O)=CC(=O)C(C)C.[CH3-].[CH3-].[CH3-].[CH3-].[CH3-].[CH3-].[Ru+2].[Ru+2].[Ru+2]. The summed E-state index contributed by atoms with van der Waals surface area (Å²) in [5, 5.41) is 52.6. The van der Waals surface area contributed by atoms with E-state index >= 15 is 0 Å².